The number of aromatic nitrogens is 2. The topological polar surface area (TPSA) is 41.6 Å². The van der Waals surface area contributed by atoms with E-state index in [2.05, 4.69) is 200 Å². The van der Waals surface area contributed by atoms with Crippen LogP contribution in [0.15, 0.2) is 200 Å². The standard InChI is InChI=1S/C57H39N3/c1-57(2)51-25-11-9-23-47(51)49-34-50-48-24-10-12-26-55(48)60(56(50)35-52(49)57)46-30-43(40-20-13-15-37(27-40)36-58)29-45(31-46)54-33-44(32-53(59-54)39-18-7-4-8-19-39)42-22-14-21-41(28-42)38-16-5-3-6-17-38/h3-35H,1-2H3. The molecule has 1 aliphatic rings. The third-order valence-corrected chi connectivity index (χ3v) is 12.4. The number of hydrogen-bond acceptors (Lipinski definition) is 2. The Bertz CT molecular complexity index is 3350. The van der Waals surface area contributed by atoms with E-state index in [1.165, 1.54) is 44.2 Å². The van der Waals surface area contributed by atoms with Gasteiger partial charge in [-0.1, -0.05) is 147 Å². The third kappa shape index (κ3) is 5.84. The van der Waals surface area contributed by atoms with Crippen LogP contribution in [0.25, 0.3) is 94.5 Å². The molecule has 0 amide bonds. The molecule has 0 fully saturated rings. The summed E-state index contributed by atoms with van der Waals surface area (Å²) in [6.07, 6.45) is 0. The number of pyridine rings is 1. The summed E-state index contributed by atoms with van der Waals surface area (Å²) in [5, 5.41) is 12.4. The van der Waals surface area contributed by atoms with Crippen LogP contribution in [0.4, 0.5) is 0 Å². The first-order valence-corrected chi connectivity index (χ1v) is 20.5. The van der Waals surface area contributed by atoms with E-state index in [1.54, 1.807) is 0 Å². The normalized spacial score (nSPS) is 12.6. The number of fused-ring (bicyclic) bond motifs is 6. The summed E-state index contributed by atoms with van der Waals surface area (Å²) in [5.41, 5.74) is 19.5. The summed E-state index contributed by atoms with van der Waals surface area (Å²) < 4.78 is 2.43. The van der Waals surface area contributed by atoms with Gasteiger partial charge in [-0.15, -0.1) is 0 Å². The Morgan fingerprint density at radius 2 is 1.00 bits per heavy atom. The second kappa shape index (κ2) is 13.9. The summed E-state index contributed by atoms with van der Waals surface area (Å²) in [4.78, 5) is 5.42. The molecule has 60 heavy (non-hydrogen) atoms. The maximum atomic E-state index is 9.97. The quantitative estimate of drug-likeness (QED) is 0.169. The molecule has 0 aliphatic heterocycles. The highest BCUT2D eigenvalue weighted by Crippen LogP contribution is 2.51. The van der Waals surface area contributed by atoms with Crippen LogP contribution in [0.2, 0.25) is 0 Å². The molecule has 10 aromatic rings. The lowest BCUT2D eigenvalue weighted by Gasteiger charge is -2.22. The van der Waals surface area contributed by atoms with Crippen molar-refractivity contribution in [2.45, 2.75) is 19.3 Å². The minimum absolute atomic E-state index is 0.151. The van der Waals surface area contributed by atoms with E-state index < -0.39 is 0 Å². The van der Waals surface area contributed by atoms with E-state index in [0.717, 1.165) is 61.5 Å². The van der Waals surface area contributed by atoms with Crippen molar-refractivity contribution in [3.8, 4) is 78.8 Å². The zero-order valence-corrected chi connectivity index (χ0v) is 33.4. The third-order valence-electron chi connectivity index (χ3n) is 12.4. The van der Waals surface area contributed by atoms with Crippen molar-refractivity contribution in [1.82, 2.24) is 9.55 Å². The summed E-state index contributed by atoms with van der Waals surface area (Å²) in [7, 11) is 0. The van der Waals surface area contributed by atoms with Crippen molar-refractivity contribution in [1.29, 1.82) is 5.26 Å². The van der Waals surface area contributed by atoms with Crippen molar-refractivity contribution in [2.24, 2.45) is 0 Å². The van der Waals surface area contributed by atoms with Crippen LogP contribution in [-0.2, 0) is 5.41 Å². The second-order valence-electron chi connectivity index (χ2n) is 16.3. The first-order chi connectivity index (χ1) is 29.4. The first-order valence-electron chi connectivity index (χ1n) is 20.5. The van der Waals surface area contributed by atoms with Crippen LogP contribution in [0.5, 0.6) is 0 Å². The van der Waals surface area contributed by atoms with Crippen LogP contribution in [0.1, 0.15) is 30.5 Å². The largest absolute Gasteiger partial charge is 0.309 e. The lowest BCUT2D eigenvalue weighted by molar-refractivity contribution is 0.661. The zero-order valence-electron chi connectivity index (χ0n) is 33.4. The van der Waals surface area contributed by atoms with E-state index in [1.807, 2.05) is 24.3 Å². The molecule has 2 aromatic heterocycles. The Labute approximate surface area is 350 Å². The number of benzene rings is 8. The molecule has 0 atom stereocenters. The Morgan fingerprint density at radius 1 is 0.417 bits per heavy atom. The van der Waals surface area contributed by atoms with Gasteiger partial charge in [0.15, 0.2) is 0 Å². The van der Waals surface area contributed by atoms with Crippen LogP contribution in [0.3, 0.4) is 0 Å². The van der Waals surface area contributed by atoms with Crippen LogP contribution in [0, 0.1) is 11.3 Å². The minimum Gasteiger partial charge on any atom is -0.309 e. The molecule has 3 nitrogen and oxygen atoms in total. The fourth-order valence-corrected chi connectivity index (χ4v) is 9.38. The molecule has 282 valence electrons. The monoisotopic (exact) mass is 765 g/mol. The predicted molar refractivity (Wildman–Crippen MR) is 248 cm³/mol. The van der Waals surface area contributed by atoms with Gasteiger partial charge in [-0.25, -0.2) is 4.98 Å². The van der Waals surface area contributed by atoms with Gasteiger partial charge in [-0.3, -0.25) is 0 Å². The van der Waals surface area contributed by atoms with E-state index in [-0.39, 0.29) is 5.41 Å². The molecule has 0 N–H and O–H groups in total. The van der Waals surface area contributed by atoms with Gasteiger partial charge in [-0.2, -0.15) is 5.26 Å². The van der Waals surface area contributed by atoms with Gasteiger partial charge in [0.25, 0.3) is 0 Å². The molecule has 0 unspecified atom stereocenters. The average Bonchev–Trinajstić information content (AvgIpc) is 3.76. The van der Waals surface area contributed by atoms with Crippen molar-refractivity contribution >= 4 is 21.8 Å². The van der Waals surface area contributed by atoms with Gasteiger partial charge >= 0.3 is 0 Å². The number of nitrogens with zero attached hydrogens (tertiary/aromatic N) is 3. The van der Waals surface area contributed by atoms with Crippen molar-refractivity contribution in [2.75, 3.05) is 0 Å². The van der Waals surface area contributed by atoms with Crippen LogP contribution < -0.4 is 0 Å². The minimum atomic E-state index is -0.151. The lowest BCUT2D eigenvalue weighted by Crippen LogP contribution is -2.15. The van der Waals surface area contributed by atoms with Gasteiger partial charge < -0.3 is 4.57 Å². The van der Waals surface area contributed by atoms with Gasteiger partial charge in [0.05, 0.1) is 34.1 Å². The Hall–Kier alpha value is -7.80. The average molecular weight is 766 g/mol. The molecular weight excluding hydrogens is 727 g/mol. The highest BCUT2D eigenvalue weighted by Gasteiger charge is 2.36. The fraction of sp³-hybridized carbons (Fsp3) is 0.0526. The maximum Gasteiger partial charge on any atom is 0.0991 e. The molecule has 2 heterocycles. The SMILES string of the molecule is CC1(C)c2ccccc2-c2cc3c4ccccc4n(-c4cc(-c5cccc(C#N)c5)cc(-c5cc(-c6cccc(-c7ccccc7)c6)cc(-c6ccccc6)n5)c4)c3cc21. The summed E-state index contributed by atoms with van der Waals surface area (Å²) in [6.45, 7) is 4.69. The van der Waals surface area contributed by atoms with Gasteiger partial charge in [0, 0.05) is 33.0 Å². The van der Waals surface area contributed by atoms with E-state index in [0.29, 0.717) is 5.56 Å². The maximum absolute atomic E-state index is 9.97. The van der Waals surface area contributed by atoms with E-state index >= 15 is 0 Å². The molecule has 8 aromatic carbocycles. The molecule has 11 rings (SSSR count). The summed E-state index contributed by atoms with van der Waals surface area (Å²) in [6, 6.07) is 73.7. The number of rotatable bonds is 6. The molecule has 0 bridgehead atoms. The van der Waals surface area contributed by atoms with Crippen molar-refractivity contribution < 1.29 is 0 Å². The molecule has 1 aliphatic carbocycles. The Kier molecular flexibility index (Phi) is 8.22. The van der Waals surface area contributed by atoms with E-state index in [4.69, 9.17) is 4.98 Å². The summed E-state index contributed by atoms with van der Waals surface area (Å²) >= 11 is 0. The molecular formula is C57H39N3. The van der Waals surface area contributed by atoms with Gasteiger partial charge in [0.1, 0.15) is 0 Å². The number of para-hydroxylation sites is 1. The zero-order chi connectivity index (χ0) is 40.4. The van der Waals surface area contributed by atoms with Crippen LogP contribution >= 0.6 is 0 Å². The molecule has 3 heteroatoms. The fourth-order valence-electron chi connectivity index (χ4n) is 9.38. The number of nitriles is 1. The highest BCUT2D eigenvalue weighted by atomic mass is 15.0. The van der Waals surface area contributed by atoms with Crippen LogP contribution in [-0.4, -0.2) is 9.55 Å². The van der Waals surface area contributed by atoms with Gasteiger partial charge in [0.2, 0.25) is 0 Å². The highest BCUT2D eigenvalue weighted by molar-refractivity contribution is 6.12. The van der Waals surface area contributed by atoms with Crippen molar-refractivity contribution in [3.05, 3.63) is 217 Å². The first kappa shape index (κ1) is 35.4. The summed E-state index contributed by atoms with van der Waals surface area (Å²) in [5.74, 6) is 0. The van der Waals surface area contributed by atoms with Crippen molar-refractivity contribution in [3.63, 3.8) is 0 Å². The second-order valence-corrected chi connectivity index (χ2v) is 16.3. The molecule has 0 spiro atoms. The predicted octanol–water partition coefficient (Wildman–Crippen LogP) is 14.7. The molecule has 0 saturated carbocycles. The van der Waals surface area contributed by atoms with Gasteiger partial charge in [-0.05, 0) is 122 Å². The molecule has 0 saturated heterocycles. The lowest BCUT2D eigenvalue weighted by atomic mass is 9.82. The smallest absolute Gasteiger partial charge is 0.0991 e. The van der Waals surface area contributed by atoms with E-state index in [9.17, 15) is 5.26 Å². The Balaban J connectivity index is 1.17. The Morgan fingerprint density at radius 3 is 1.78 bits per heavy atom. The molecule has 0 radical (unpaired) electrons. The number of hydrogen-bond donors (Lipinski definition) is 0.